The molecule has 0 saturated carbocycles. The Hall–Kier alpha value is -2.14. The van der Waals surface area contributed by atoms with Crippen molar-refractivity contribution in [1.29, 1.82) is 0 Å². The van der Waals surface area contributed by atoms with Gasteiger partial charge in [0.15, 0.2) is 0 Å². The molecule has 0 aliphatic carbocycles. The molecule has 0 spiro atoms. The molecule has 2 aromatic heterocycles. The molecule has 0 saturated heterocycles. The maximum atomic E-state index is 5.26. The van der Waals surface area contributed by atoms with E-state index in [1.54, 1.807) is 24.8 Å². The highest BCUT2D eigenvalue weighted by atomic mass is 32.1. The topological polar surface area (TPSA) is 38.2 Å². The number of anilines is 1. The summed E-state index contributed by atoms with van der Waals surface area (Å²) >= 11 is 1.63. The maximum absolute atomic E-state index is 5.26. The average molecular weight is 285 g/mol. The third kappa shape index (κ3) is 2.44. The van der Waals surface area contributed by atoms with Crippen LogP contribution in [0.5, 0.6) is 5.75 Å². The molecule has 1 aromatic carbocycles. The van der Waals surface area contributed by atoms with Gasteiger partial charge in [0.25, 0.3) is 0 Å². The first-order valence-corrected chi connectivity index (χ1v) is 7.18. The fraction of sp³-hybridized carbons (Fsp3) is 0.200. The summed E-state index contributed by atoms with van der Waals surface area (Å²) in [4.78, 5) is 11.8. The second kappa shape index (κ2) is 5.46. The predicted octanol–water partition coefficient (Wildman–Crippen LogP) is 3.34. The van der Waals surface area contributed by atoms with Gasteiger partial charge >= 0.3 is 0 Å². The largest absolute Gasteiger partial charge is 0.497 e. The van der Waals surface area contributed by atoms with E-state index < -0.39 is 0 Å². The van der Waals surface area contributed by atoms with Crippen LogP contribution in [0.15, 0.2) is 42.0 Å². The van der Waals surface area contributed by atoms with Crippen LogP contribution in [0.25, 0.3) is 10.2 Å². The smallest absolute Gasteiger partial charge is 0.140 e. The molecule has 0 amide bonds. The molecule has 5 heteroatoms. The van der Waals surface area contributed by atoms with Gasteiger partial charge in [0.05, 0.1) is 12.5 Å². The lowest BCUT2D eigenvalue weighted by Crippen LogP contribution is -2.18. The van der Waals surface area contributed by atoms with Crippen LogP contribution in [-0.4, -0.2) is 24.1 Å². The summed E-state index contributed by atoms with van der Waals surface area (Å²) in [5.74, 6) is 1.83. The van der Waals surface area contributed by atoms with E-state index in [2.05, 4.69) is 27.0 Å². The lowest BCUT2D eigenvalue weighted by molar-refractivity contribution is 0.414. The first-order chi connectivity index (χ1) is 9.78. The Kier molecular flexibility index (Phi) is 3.52. The van der Waals surface area contributed by atoms with Gasteiger partial charge in [0, 0.05) is 13.6 Å². The minimum Gasteiger partial charge on any atom is -0.497 e. The molecule has 0 aliphatic heterocycles. The summed E-state index contributed by atoms with van der Waals surface area (Å²) in [6.07, 6.45) is 1.62. The average Bonchev–Trinajstić information content (AvgIpc) is 2.95. The van der Waals surface area contributed by atoms with Crippen molar-refractivity contribution >= 4 is 27.4 Å². The highest BCUT2D eigenvalue weighted by molar-refractivity contribution is 7.16. The molecule has 20 heavy (non-hydrogen) atoms. The Labute approximate surface area is 121 Å². The molecule has 0 unspecified atom stereocenters. The minimum atomic E-state index is 0.777. The number of ether oxygens (including phenoxy) is 1. The van der Waals surface area contributed by atoms with Crippen LogP contribution in [0.1, 0.15) is 5.56 Å². The fourth-order valence-corrected chi connectivity index (χ4v) is 2.93. The molecule has 0 atom stereocenters. The van der Waals surface area contributed by atoms with E-state index in [1.165, 1.54) is 5.56 Å². The fourth-order valence-electron chi connectivity index (χ4n) is 2.20. The van der Waals surface area contributed by atoms with Crippen molar-refractivity contribution in [2.24, 2.45) is 0 Å². The summed E-state index contributed by atoms with van der Waals surface area (Å²) in [7, 11) is 3.72. The SMILES string of the molecule is COc1cccc(CN(C)c2ncnc3sccc23)c1. The summed E-state index contributed by atoms with van der Waals surface area (Å²) in [5.41, 5.74) is 1.19. The molecule has 0 radical (unpaired) electrons. The second-order valence-corrected chi connectivity index (χ2v) is 5.44. The zero-order valence-corrected chi connectivity index (χ0v) is 12.2. The van der Waals surface area contributed by atoms with E-state index in [9.17, 15) is 0 Å². The van der Waals surface area contributed by atoms with Crippen LogP contribution in [0, 0.1) is 0 Å². The molecule has 0 aliphatic rings. The number of methoxy groups -OCH3 is 1. The zero-order valence-electron chi connectivity index (χ0n) is 11.4. The Morgan fingerprint density at radius 2 is 2.15 bits per heavy atom. The van der Waals surface area contributed by atoms with Crippen molar-refractivity contribution in [3.8, 4) is 5.75 Å². The van der Waals surface area contributed by atoms with Crippen molar-refractivity contribution in [3.05, 3.63) is 47.6 Å². The van der Waals surface area contributed by atoms with Crippen LogP contribution < -0.4 is 9.64 Å². The van der Waals surface area contributed by atoms with Gasteiger partial charge in [-0.05, 0) is 29.1 Å². The van der Waals surface area contributed by atoms with Gasteiger partial charge in [0.2, 0.25) is 0 Å². The van der Waals surface area contributed by atoms with Crippen LogP contribution in [-0.2, 0) is 6.54 Å². The Bertz CT molecular complexity index is 726. The van der Waals surface area contributed by atoms with Gasteiger partial charge in [-0.1, -0.05) is 12.1 Å². The lowest BCUT2D eigenvalue weighted by Gasteiger charge is -2.19. The van der Waals surface area contributed by atoms with E-state index in [1.807, 2.05) is 30.6 Å². The Morgan fingerprint density at radius 1 is 1.25 bits per heavy atom. The standard InChI is InChI=1S/C15H15N3OS/c1-18(9-11-4-3-5-12(8-11)19-2)14-13-6-7-20-15(13)17-10-16-14/h3-8,10H,9H2,1-2H3. The van der Waals surface area contributed by atoms with Gasteiger partial charge in [-0.15, -0.1) is 11.3 Å². The number of rotatable bonds is 4. The maximum Gasteiger partial charge on any atom is 0.140 e. The van der Waals surface area contributed by atoms with E-state index in [4.69, 9.17) is 4.74 Å². The first-order valence-electron chi connectivity index (χ1n) is 6.30. The second-order valence-electron chi connectivity index (χ2n) is 4.54. The molecule has 0 bridgehead atoms. The van der Waals surface area contributed by atoms with Crippen LogP contribution in [0.2, 0.25) is 0 Å². The van der Waals surface area contributed by atoms with E-state index in [0.29, 0.717) is 0 Å². The number of nitrogens with zero attached hydrogens (tertiary/aromatic N) is 3. The predicted molar refractivity (Wildman–Crippen MR) is 82.5 cm³/mol. The summed E-state index contributed by atoms with van der Waals surface area (Å²) in [6, 6.07) is 10.2. The number of aromatic nitrogens is 2. The molecule has 3 rings (SSSR count). The first kappa shape index (κ1) is 12.9. The quantitative estimate of drug-likeness (QED) is 0.737. The van der Waals surface area contributed by atoms with Crippen molar-refractivity contribution in [1.82, 2.24) is 9.97 Å². The number of fused-ring (bicyclic) bond motifs is 1. The van der Waals surface area contributed by atoms with Crippen molar-refractivity contribution in [3.63, 3.8) is 0 Å². The normalized spacial score (nSPS) is 10.7. The number of benzene rings is 1. The number of thiophene rings is 1. The number of hydrogen-bond acceptors (Lipinski definition) is 5. The van der Waals surface area contributed by atoms with Gasteiger partial charge in [-0.3, -0.25) is 0 Å². The molecular formula is C15H15N3OS. The molecular weight excluding hydrogens is 270 g/mol. The monoisotopic (exact) mass is 285 g/mol. The van der Waals surface area contributed by atoms with Crippen molar-refractivity contribution < 1.29 is 4.74 Å². The van der Waals surface area contributed by atoms with Gasteiger partial charge in [0.1, 0.15) is 22.7 Å². The zero-order chi connectivity index (χ0) is 13.9. The molecule has 3 aromatic rings. The summed E-state index contributed by atoms with van der Waals surface area (Å²) < 4.78 is 5.26. The van der Waals surface area contributed by atoms with Crippen molar-refractivity contribution in [2.45, 2.75) is 6.54 Å². The molecule has 4 nitrogen and oxygen atoms in total. The Balaban J connectivity index is 1.88. The minimum absolute atomic E-state index is 0.777. The molecule has 102 valence electrons. The summed E-state index contributed by atoms with van der Waals surface area (Å²) in [6.45, 7) is 0.777. The third-order valence-corrected chi connectivity index (χ3v) is 3.98. The van der Waals surface area contributed by atoms with Crippen LogP contribution >= 0.6 is 11.3 Å². The van der Waals surface area contributed by atoms with Gasteiger partial charge < -0.3 is 9.64 Å². The van der Waals surface area contributed by atoms with Crippen LogP contribution in [0.4, 0.5) is 5.82 Å². The van der Waals surface area contributed by atoms with Gasteiger partial charge in [-0.2, -0.15) is 0 Å². The summed E-state index contributed by atoms with van der Waals surface area (Å²) in [5, 5.41) is 3.14. The van der Waals surface area contributed by atoms with Crippen LogP contribution in [0.3, 0.4) is 0 Å². The highest BCUT2D eigenvalue weighted by Gasteiger charge is 2.10. The van der Waals surface area contributed by atoms with Crippen molar-refractivity contribution in [2.75, 3.05) is 19.1 Å². The molecule has 0 N–H and O–H groups in total. The third-order valence-electron chi connectivity index (χ3n) is 3.16. The number of hydrogen-bond donors (Lipinski definition) is 0. The molecule has 2 heterocycles. The van der Waals surface area contributed by atoms with Gasteiger partial charge in [-0.25, -0.2) is 9.97 Å². The van der Waals surface area contributed by atoms with E-state index in [0.717, 1.165) is 28.3 Å². The Morgan fingerprint density at radius 3 is 3.00 bits per heavy atom. The van der Waals surface area contributed by atoms with E-state index >= 15 is 0 Å². The highest BCUT2D eigenvalue weighted by Crippen LogP contribution is 2.27. The lowest BCUT2D eigenvalue weighted by atomic mass is 10.2. The van der Waals surface area contributed by atoms with E-state index in [-0.39, 0.29) is 0 Å². The molecule has 0 fully saturated rings.